The Morgan fingerprint density at radius 2 is 1.72 bits per heavy atom. The van der Waals surface area contributed by atoms with Gasteiger partial charge in [0.1, 0.15) is 0 Å². The quantitative estimate of drug-likeness (QED) is 0.504. The highest BCUT2D eigenvalue weighted by Gasteiger charge is 2.35. The zero-order chi connectivity index (χ0) is 25.4. The molecule has 0 radical (unpaired) electrons. The van der Waals surface area contributed by atoms with Crippen molar-refractivity contribution in [2.75, 3.05) is 39.3 Å². The third-order valence-corrected chi connectivity index (χ3v) is 9.17. The number of likely N-dealkylation sites (tertiary alicyclic amines) is 1. The van der Waals surface area contributed by atoms with Gasteiger partial charge in [0, 0.05) is 65.9 Å². The molecule has 3 aliphatic rings. The molecule has 36 heavy (non-hydrogen) atoms. The molecule has 0 spiro atoms. The van der Waals surface area contributed by atoms with Gasteiger partial charge in [-0.05, 0) is 82.4 Å². The highest BCUT2D eigenvalue weighted by atomic mass is 79.9. The second kappa shape index (κ2) is 11.0. The van der Waals surface area contributed by atoms with E-state index in [1.54, 1.807) is 0 Å². The van der Waals surface area contributed by atoms with Crippen LogP contribution in [0.25, 0.3) is 0 Å². The number of piperidine rings is 1. The summed E-state index contributed by atoms with van der Waals surface area (Å²) < 4.78 is 2.03. The fraction of sp³-hybridized carbons (Fsp3) is 0.481. The van der Waals surface area contributed by atoms with E-state index in [0.29, 0.717) is 18.2 Å². The van der Waals surface area contributed by atoms with Crippen LogP contribution in [0.5, 0.6) is 0 Å². The van der Waals surface area contributed by atoms with Crippen molar-refractivity contribution >= 4 is 49.4 Å². The molecule has 1 aromatic heterocycles. The number of carbonyl (C=O) groups excluding carboxylic acids is 1. The summed E-state index contributed by atoms with van der Waals surface area (Å²) in [7, 11) is 0. The van der Waals surface area contributed by atoms with Crippen molar-refractivity contribution in [3.63, 3.8) is 0 Å². The number of rotatable bonds is 4. The number of nitrogens with two attached hydrogens (primary N) is 1. The number of aryl methyl sites for hydroxylation is 2. The first kappa shape index (κ1) is 26.0. The lowest BCUT2D eigenvalue weighted by Gasteiger charge is -2.41. The number of halogens is 3. The van der Waals surface area contributed by atoms with Gasteiger partial charge in [-0.2, -0.15) is 0 Å². The first-order valence-corrected chi connectivity index (χ1v) is 14.6. The summed E-state index contributed by atoms with van der Waals surface area (Å²) in [6.07, 6.45) is 6.35. The van der Waals surface area contributed by atoms with Crippen LogP contribution < -0.4 is 5.73 Å². The standard InChI is InChI=1S/C27H32Br2ClN5O/c1-17(31)33-6-4-18(5-7-33)12-24(36)34-8-10-35(11-9-34)27-25-19(14-22(30)15-23(25)29)2-3-20-13-21(28)16-32-26(20)27/h13-16,18,27H,1-12,31H2. The van der Waals surface area contributed by atoms with Crippen molar-refractivity contribution in [3.05, 3.63) is 73.1 Å². The lowest BCUT2D eigenvalue weighted by Crippen LogP contribution is -2.50. The largest absolute Gasteiger partial charge is 0.386 e. The van der Waals surface area contributed by atoms with Gasteiger partial charge in [0.2, 0.25) is 5.91 Å². The predicted octanol–water partition coefficient (Wildman–Crippen LogP) is 5.12. The van der Waals surface area contributed by atoms with Gasteiger partial charge in [0.05, 0.1) is 17.6 Å². The van der Waals surface area contributed by atoms with Crippen LogP contribution in [-0.4, -0.2) is 64.9 Å². The number of aromatic nitrogens is 1. The number of nitrogens with zero attached hydrogens (tertiary/aromatic N) is 4. The van der Waals surface area contributed by atoms with Crippen molar-refractivity contribution in [2.24, 2.45) is 11.7 Å². The Bertz CT molecular complexity index is 1160. The number of fused-ring (bicyclic) bond motifs is 2. The van der Waals surface area contributed by atoms with Crippen molar-refractivity contribution in [1.82, 2.24) is 19.7 Å². The van der Waals surface area contributed by atoms with E-state index < -0.39 is 0 Å². The zero-order valence-electron chi connectivity index (χ0n) is 20.4. The monoisotopic (exact) mass is 635 g/mol. The summed E-state index contributed by atoms with van der Waals surface area (Å²) in [6.45, 7) is 8.72. The molecule has 0 bridgehead atoms. The molecule has 2 aliphatic heterocycles. The van der Waals surface area contributed by atoms with Crippen LogP contribution in [0, 0.1) is 5.92 Å². The number of hydrogen-bond donors (Lipinski definition) is 1. The van der Waals surface area contributed by atoms with E-state index in [1.165, 1.54) is 16.7 Å². The fourth-order valence-corrected chi connectivity index (χ4v) is 7.35. The van der Waals surface area contributed by atoms with E-state index >= 15 is 0 Å². The third-order valence-electron chi connectivity index (χ3n) is 7.86. The van der Waals surface area contributed by atoms with Crippen LogP contribution in [0.3, 0.4) is 0 Å². The number of hydrogen-bond acceptors (Lipinski definition) is 5. The second-order valence-electron chi connectivity index (χ2n) is 10.1. The molecule has 2 N–H and O–H groups in total. The van der Waals surface area contributed by atoms with Crippen molar-refractivity contribution in [1.29, 1.82) is 0 Å². The molecule has 2 saturated heterocycles. The van der Waals surface area contributed by atoms with Gasteiger partial charge in [-0.15, -0.1) is 0 Å². The van der Waals surface area contributed by atoms with Gasteiger partial charge in [0.25, 0.3) is 0 Å². The SMILES string of the molecule is C=C(N)N1CCC(CC(=O)N2CCN(C3c4ncc(Br)cc4CCc4cc(Cl)cc(Br)c43)CC2)CC1. The van der Waals surface area contributed by atoms with E-state index in [2.05, 4.69) is 65.3 Å². The predicted molar refractivity (Wildman–Crippen MR) is 151 cm³/mol. The van der Waals surface area contributed by atoms with E-state index in [9.17, 15) is 4.79 Å². The minimum Gasteiger partial charge on any atom is -0.386 e. The molecular weight excluding hydrogens is 606 g/mol. The van der Waals surface area contributed by atoms with Crippen LogP contribution in [0.1, 0.15) is 47.7 Å². The molecule has 1 unspecified atom stereocenters. The normalized spacial score (nSPS) is 21.0. The molecule has 3 heterocycles. The van der Waals surface area contributed by atoms with Crippen LogP contribution >= 0.6 is 43.5 Å². The van der Waals surface area contributed by atoms with Crippen LogP contribution in [0.2, 0.25) is 5.02 Å². The van der Waals surface area contributed by atoms with E-state index in [4.69, 9.17) is 22.3 Å². The van der Waals surface area contributed by atoms with Crippen LogP contribution in [-0.2, 0) is 17.6 Å². The Hall–Kier alpha value is -1.61. The summed E-state index contributed by atoms with van der Waals surface area (Å²) >= 11 is 13.9. The van der Waals surface area contributed by atoms with Gasteiger partial charge < -0.3 is 15.5 Å². The topological polar surface area (TPSA) is 65.7 Å². The van der Waals surface area contributed by atoms with E-state index in [1.807, 2.05) is 12.3 Å². The van der Waals surface area contributed by atoms with Crippen molar-refractivity contribution in [3.8, 4) is 0 Å². The van der Waals surface area contributed by atoms with Crippen molar-refractivity contribution in [2.45, 2.75) is 38.1 Å². The Morgan fingerprint density at radius 3 is 2.42 bits per heavy atom. The van der Waals surface area contributed by atoms with Crippen molar-refractivity contribution < 1.29 is 4.79 Å². The van der Waals surface area contributed by atoms with E-state index in [-0.39, 0.29) is 11.9 Å². The van der Waals surface area contributed by atoms with Gasteiger partial charge in [0.15, 0.2) is 0 Å². The lowest BCUT2D eigenvalue weighted by atomic mass is 9.92. The van der Waals surface area contributed by atoms with Gasteiger partial charge in [-0.3, -0.25) is 14.7 Å². The molecule has 6 nitrogen and oxygen atoms in total. The van der Waals surface area contributed by atoms with E-state index in [0.717, 1.165) is 84.6 Å². The summed E-state index contributed by atoms with van der Waals surface area (Å²) in [5.74, 6) is 1.33. The van der Waals surface area contributed by atoms with Crippen LogP contribution in [0.4, 0.5) is 0 Å². The summed E-state index contributed by atoms with van der Waals surface area (Å²) in [5.41, 5.74) is 10.7. The van der Waals surface area contributed by atoms with Crippen LogP contribution in [0.15, 0.2) is 45.7 Å². The van der Waals surface area contributed by atoms with Gasteiger partial charge in [-0.25, -0.2) is 0 Å². The first-order valence-electron chi connectivity index (χ1n) is 12.6. The maximum atomic E-state index is 13.2. The third kappa shape index (κ3) is 5.47. The minimum atomic E-state index is 0.0307. The molecule has 5 rings (SSSR count). The number of pyridine rings is 1. The lowest BCUT2D eigenvalue weighted by molar-refractivity contribution is -0.134. The summed E-state index contributed by atoms with van der Waals surface area (Å²) in [5, 5.41) is 0.747. The highest BCUT2D eigenvalue weighted by Crippen LogP contribution is 2.42. The maximum Gasteiger partial charge on any atom is 0.222 e. The fourth-order valence-electron chi connectivity index (χ4n) is 5.88. The molecular formula is C27H32Br2ClN5O. The highest BCUT2D eigenvalue weighted by molar-refractivity contribution is 9.10. The molecule has 1 aliphatic carbocycles. The average Bonchev–Trinajstić information content (AvgIpc) is 3.01. The Balaban J connectivity index is 1.31. The molecule has 192 valence electrons. The van der Waals surface area contributed by atoms with Gasteiger partial charge in [-0.1, -0.05) is 34.1 Å². The first-order chi connectivity index (χ1) is 17.3. The smallest absolute Gasteiger partial charge is 0.222 e. The molecule has 1 atom stereocenters. The Labute approximate surface area is 235 Å². The molecule has 0 saturated carbocycles. The average molecular weight is 638 g/mol. The van der Waals surface area contributed by atoms with Gasteiger partial charge >= 0.3 is 0 Å². The zero-order valence-corrected chi connectivity index (χ0v) is 24.3. The maximum absolute atomic E-state index is 13.2. The molecule has 1 aromatic carbocycles. The Kier molecular flexibility index (Phi) is 7.96. The number of carbonyl (C=O) groups is 1. The number of benzene rings is 1. The number of amides is 1. The molecule has 9 heteroatoms. The molecule has 2 fully saturated rings. The minimum absolute atomic E-state index is 0.0307. The molecule has 1 amide bonds. The summed E-state index contributed by atoms with van der Waals surface area (Å²) in [6, 6.07) is 6.31. The summed E-state index contributed by atoms with van der Waals surface area (Å²) in [4.78, 5) is 24.7. The molecule has 2 aromatic rings. The number of piperazine rings is 1. The second-order valence-corrected chi connectivity index (χ2v) is 12.3. The Morgan fingerprint density at radius 1 is 1.03 bits per heavy atom.